The van der Waals surface area contributed by atoms with E-state index in [1.807, 2.05) is 24.3 Å². The first-order chi connectivity index (χ1) is 8.74. The van der Waals surface area contributed by atoms with E-state index in [4.69, 9.17) is 20.9 Å². The van der Waals surface area contributed by atoms with Crippen LogP contribution in [0.2, 0.25) is 5.02 Å². The Morgan fingerprint density at radius 3 is 2.89 bits per heavy atom. The normalized spacial score (nSPS) is 10.6. The monoisotopic (exact) mass is 329 g/mol. The molecule has 1 aromatic carbocycles. The van der Waals surface area contributed by atoms with Crippen LogP contribution in [0.5, 0.6) is 5.75 Å². The second-order valence-corrected chi connectivity index (χ2v) is 4.80. The summed E-state index contributed by atoms with van der Waals surface area (Å²) < 4.78 is 10.9. The number of nitrogens with zero attached hydrogens (tertiary/aromatic N) is 1. The molecule has 0 bridgehead atoms. The van der Waals surface area contributed by atoms with E-state index in [0.717, 1.165) is 29.2 Å². The molecule has 0 spiro atoms. The molecule has 3 nitrogen and oxygen atoms in total. The van der Waals surface area contributed by atoms with Crippen molar-refractivity contribution in [3.8, 4) is 17.0 Å². The topological polar surface area (TPSA) is 35.3 Å². The van der Waals surface area contributed by atoms with Gasteiger partial charge in [0.1, 0.15) is 17.2 Å². The molecule has 2 aromatic rings. The van der Waals surface area contributed by atoms with Crippen molar-refractivity contribution in [3.63, 3.8) is 0 Å². The second kappa shape index (κ2) is 6.25. The van der Waals surface area contributed by atoms with Gasteiger partial charge in [-0.3, -0.25) is 0 Å². The van der Waals surface area contributed by atoms with Gasteiger partial charge in [-0.05, 0) is 24.6 Å². The zero-order valence-electron chi connectivity index (χ0n) is 9.95. The number of ether oxygens (including phenoxy) is 1. The molecule has 5 heteroatoms. The van der Waals surface area contributed by atoms with Gasteiger partial charge in [-0.15, -0.1) is 0 Å². The van der Waals surface area contributed by atoms with Crippen LogP contribution in [0.3, 0.4) is 0 Å². The molecule has 0 fully saturated rings. The van der Waals surface area contributed by atoms with Gasteiger partial charge >= 0.3 is 0 Å². The van der Waals surface area contributed by atoms with Gasteiger partial charge in [0.25, 0.3) is 0 Å². The van der Waals surface area contributed by atoms with E-state index in [2.05, 4.69) is 28.0 Å². The molecule has 96 valence electrons. The summed E-state index contributed by atoms with van der Waals surface area (Å²) in [6.45, 7) is 2.73. The molecule has 0 aliphatic rings. The summed E-state index contributed by atoms with van der Waals surface area (Å²) >= 11 is 9.35. The summed E-state index contributed by atoms with van der Waals surface area (Å²) in [6.07, 6.45) is 0.952. The van der Waals surface area contributed by atoms with E-state index in [-0.39, 0.29) is 0 Å². The Morgan fingerprint density at radius 1 is 1.39 bits per heavy atom. The van der Waals surface area contributed by atoms with Crippen LogP contribution >= 0.6 is 27.5 Å². The van der Waals surface area contributed by atoms with E-state index in [0.29, 0.717) is 17.0 Å². The highest BCUT2D eigenvalue weighted by Crippen LogP contribution is 2.32. The summed E-state index contributed by atoms with van der Waals surface area (Å²) in [5.74, 6) is 1.54. The number of rotatable bonds is 5. The SMILES string of the molecule is CCCOc1ccc(Cl)cc1-c1cc(CBr)on1. The van der Waals surface area contributed by atoms with Crippen molar-refractivity contribution in [2.75, 3.05) is 6.61 Å². The fourth-order valence-electron chi connectivity index (χ4n) is 1.54. The second-order valence-electron chi connectivity index (χ2n) is 3.80. The molecule has 0 radical (unpaired) electrons. The quantitative estimate of drug-likeness (QED) is 0.747. The summed E-state index contributed by atoms with van der Waals surface area (Å²) in [7, 11) is 0. The zero-order valence-corrected chi connectivity index (χ0v) is 12.3. The Bertz CT molecular complexity index is 527. The van der Waals surface area contributed by atoms with Gasteiger partial charge in [0.05, 0.1) is 11.9 Å². The Kier molecular flexibility index (Phi) is 4.66. The van der Waals surface area contributed by atoms with Crippen LogP contribution in [-0.2, 0) is 5.33 Å². The average Bonchev–Trinajstić information content (AvgIpc) is 2.86. The third-order valence-corrected chi connectivity index (χ3v) is 3.16. The van der Waals surface area contributed by atoms with Crippen molar-refractivity contribution in [3.05, 3.63) is 35.0 Å². The van der Waals surface area contributed by atoms with Gasteiger partial charge in [-0.1, -0.05) is 39.6 Å². The number of benzene rings is 1. The lowest BCUT2D eigenvalue weighted by Gasteiger charge is -2.09. The molecule has 0 N–H and O–H groups in total. The van der Waals surface area contributed by atoms with Crippen LogP contribution < -0.4 is 4.74 Å². The number of hydrogen-bond acceptors (Lipinski definition) is 3. The third-order valence-electron chi connectivity index (χ3n) is 2.37. The minimum absolute atomic E-state index is 0.631. The van der Waals surface area contributed by atoms with Gasteiger partial charge in [0, 0.05) is 16.7 Å². The summed E-state index contributed by atoms with van der Waals surface area (Å²) in [4.78, 5) is 0. The predicted molar refractivity (Wildman–Crippen MR) is 75.4 cm³/mol. The first-order valence-electron chi connectivity index (χ1n) is 5.69. The number of halogens is 2. The minimum Gasteiger partial charge on any atom is -0.493 e. The van der Waals surface area contributed by atoms with Crippen molar-refractivity contribution in [2.24, 2.45) is 0 Å². The van der Waals surface area contributed by atoms with E-state index in [9.17, 15) is 0 Å². The smallest absolute Gasteiger partial charge is 0.147 e. The molecule has 0 aliphatic carbocycles. The van der Waals surface area contributed by atoms with Crippen molar-refractivity contribution in [2.45, 2.75) is 18.7 Å². The van der Waals surface area contributed by atoms with E-state index < -0.39 is 0 Å². The molecule has 18 heavy (non-hydrogen) atoms. The summed E-state index contributed by atoms with van der Waals surface area (Å²) in [6, 6.07) is 7.37. The van der Waals surface area contributed by atoms with Gasteiger partial charge in [-0.2, -0.15) is 0 Å². The maximum Gasteiger partial charge on any atom is 0.147 e. The number of alkyl halides is 1. The van der Waals surface area contributed by atoms with Crippen LogP contribution in [0.15, 0.2) is 28.8 Å². The van der Waals surface area contributed by atoms with Crippen molar-refractivity contribution >= 4 is 27.5 Å². The minimum atomic E-state index is 0.631. The molecule has 0 aliphatic heterocycles. The van der Waals surface area contributed by atoms with Crippen molar-refractivity contribution < 1.29 is 9.26 Å². The summed E-state index contributed by atoms with van der Waals surface area (Å²) in [5, 5.41) is 5.30. The lowest BCUT2D eigenvalue weighted by molar-refractivity contribution is 0.318. The Labute approximate surface area is 119 Å². The molecule has 1 heterocycles. The molecule has 0 saturated carbocycles. The van der Waals surface area contributed by atoms with Crippen LogP contribution in [0, 0.1) is 0 Å². The Hall–Kier alpha value is -1.00. The highest BCUT2D eigenvalue weighted by molar-refractivity contribution is 9.08. The highest BCUT2D eigenvalue weighted by atomic mass is 79.9. The van der Waals surface area contributed by atoms with E-state index in [1.54, 1.807) is 0 Å². The van der Waals surface area contributed by atoms with Crippen LogP contribution in [0.1, 0.15) is 19.1 Å². The number of aromatic nitrogens is 1. The number of hydrogen-bond donors (Lipinski definition) is 0. The molecular formula is C13H13BrClNO2. The largest absolute Gasteiger partial charge is 0.493 e. The van der Waals surface area contributed by atoms with E-state index >= 15 is 0 Å². The fourth-order valence-corrected chi connectivity index (χ4v) is 1.98. The molecule has 2 rings (SSSR count). The standard InChI is InChI=1S/C13H13BrClNO2/c1-2-5-17-13-4-3-9(15)6-11(13)12-7-10(8-14)18-16-12/h3-4,6-7H,2,5,8H2,1H3. The Balaban J connectivity index is 2.37. The maximum atomic E-state index is 6.02. The highest BCUT2D eigenvalue weighted by Gasteiger charge is 2.12. The van der Waals surface area contributed by atoms with Crippen LogP contribution in [-0.4, -0.2) is 11.8 Å². The first-order valence-corrected chi connectivity index (χ1v) is 7.18. The molecule has 0 saturated heterocycles. The molecular weight excluding hydrogens is 318 g/mol. The molecule has 1 aromatic heterocycles. The van der Waals surface area contributed by atoms with Crippen molar-refractivity contribution in [1.29, 1.82) is 0 Å². The van der Waals surface area contributed by atoms with Crippen LogP contribution in [0.25, 0.3) is 11.3 Å². The summed E-state index contributed by atoms with van der Waals surface area (Å²) in [5.41, 5.74) is 1.59. The van der Waals surface area contributed by atoms with Gasteiger partial charge in [-0.25, -0.2) is 0 Å². The lowest BCUT2D eigenvalue weighted by atomic mass is 10.1. The predicted octanol–water partition coefficient (Wildman–Crippen LogP) is 4.68. The molecule has 0 amide bonds. The fraction of sp³-hybridized carbons (Fsp3) is 0.308. The molecule has 0 atom stereocenters. The lowest BCUT2D eigenvalue weighted by Crippen LogP contribution is -1.97. The maximum absolute atomic E-state index is 6.02. The van der Waals surface area contributed by atoms with Crippen molar-refractivity contribution in [1.82, 2.24) is 5.16 Å². The van der Waals surface area contributed by atoms with Gasteiger partial charge < -0.3 is 9.26 Å². The zero-order chi connectivity index (χ0) is 13.0. The first kappa shape index (κ1) is 13.4. The molecule has 0 unspecified atom stereocenters. The average molecular weight is 331 g/mol. The van der Waals surface area contributed by atoms with Gasteiger partial charge in [0.2, 0.25) is 0 Å². The third kappa shape index (κ3) is 3.06. The van der Waals surface area contributed by atoms with E-state index in [1.165, 1.54) is 0 Å². The van der Waals surface area contributed by atoms with Gasteiger partial charge in [0.15, 0.2) is 0 Å². The van der Waals surface area contributed by atoms with Crippen LogP contribution in [0.4, 0.5) is 0 Å². The Morgan fingerprint density at radius 2 is 2.22 bits per heavy atom.